The van der Waals surface area contributed by atoms with Crippen molar-refractivity contribution in [3.8, 4) is 0 Å². The topological polar surface area (TPSA) is 32.3 Å². The fourth-order valence-corrected chi connectivity index (χ4v) is 3.70. The molecule has 1 aromatic rings. The number of hydrogen-bond acceptors (Lipinski definition) is 2. The minimum Gasteiger partial charge on any atom is -0.339 e. The first-order valence-corrected chi connectivity index (χ1v) is 8.40. The summed E-state index contributed by atoms with van der Waals surface area (Å²) in [7, 11) is 0. The van der Waals surface area contributed by atoms with Gasteiger partial charge in [0.1, 0.15) is 0 Å². The van der Waals surface area contributed by atoms with Gasteiger partial charge in [-0.1, -0.05) is 30.3 Å². The summed E-state index contributed by atoms with van der Waals surface area (Å²) in [4.78, 5) is 14.9. The van der Waals surface area contributed by atoms with Gasteiger partial charge < -0.3 is 10.2 Å². The van der Waals surface area contributed by atoms with Crippen LogP contribution in [0.25, 0.3) is 0 Å². The highest BCUT2D eigenvalue weighted by molar-refractivity contribution is 5.79. The van der Waals surface area contributed by atoms with Crippen molar-refractivity contribution >= 4 is 5.91 Å². The number of nitrogens with one attached hydrogen (secondary N) is 1. The number of likely N-dealkylation sites (tertiary alicyclic amines) is 1. The van der Waals surface area contributed by atoms with Gasteiger partial charge in [0.05, 0.1) is 5.92 Å². The Hall–Kier alpha value is -1.35. The highest BCUT2D eigenvalue weighted by Gasteiger charge is 2.33. The molecule has 0 spiro atoms. The van der Waals surface area contributed by atoms with Crippen LogP contribution in [0.4, 0.5) is 0 Å². The van der Waals surface area contributed by atoms with Gasteiger partial charge >= 0.3 is 0 Å². The first kappa shape index (κ1) is 14.6. The summed E-state index contributed by atoms with van der Waals surface area (Å²) in [6.07, 6.45) is 6.74. The van der Waals surface area contributed by atoms with Gasteiger partial charge in [-0.05, 0) is 50.6 Å². The Morgan fingerprint density at radius 1 is 1.19 bits per heavy atom. The van der Waals surface area contributed by atoms with Crippen LogP contribution in [-0.4, -0.2) is 36.5 Å². The zero-order valence-corrected chi connectivity index (χ0v) is 12.8. The highest BCUT2D eigenvalue weighted by Crippen LogP contribution is 2.25. The summed E-state index contributed by atoms with van der Waals surface area (Å²) in [6, 6.07) is 11.1. The molecule has 2 atom stereocenters. The molecule has 2 aliphatic rings. The van der Waals surface area contributed by atoms with E-state index in [1.54, 1.807) is 0 Å². The van der Waals surface area contributed by atoms with E-state index in [1.165, 1.54) is 18.4 Å². The van der Waals surface area contributed by atoms with Crippen LogP contribution in [-0.2, 0) is 11.2 Å². The second kappa shape index (κ2) is 7.08. The van der Waals surface area contributed by atoms with Crippen LogP contribution in [0.1, 0.15) is 37.7 Å². The zero-order valence-electron chi connectivity index (χ0n) is 12.8. The molecule has 0 radical (unpaired) electrons. The molecule has 2 aliphatic heterocycles. The van der Waals surface area contributed by atoms with Crippen molar-refractivity contribution in [1.82, 2.24) is 10.2 Å². The summed E-state index contributed by atoms with van der Waals surface area (Å²) in [5, 5.41) is 3.36. The summed E-state index contributed by atoms with van der Waals surface area (Å²) < 4.78 is 0. The van der Waals surface area contributed by atoms with Crippen LogP contribution in [0.2, 0.25) is 0 Å². The van der Waals surface area contributed by atoms with Gasteiger partial charge in [-0.3, -0.25) is 4.79 Å². The molecule has 2 fully saturated rings. The van der Waals surface area contributed by atoms with E-state index in [0.717, 1.165) is 45.3 Å². The first-order valence-electron chi connectivity index (χ1n) is 8.40. The number of hydrogen-bond donors (Lipinski definition) is 1. The fourth-order valence-electron chi connectivity index (χ4n) is 3.70. The van der Waals surface area contributed by atoms with E-state index in [2.05, 4.69) is 40.5 Å². The molecule has 1 aromatic carbocycles. The van der Waals surface area contributed by atoms with Gasteiger partial charge in [0.2, 0.25) is 5.91 Å². The maximum atomic E-state index is 12.7. The monoisotopic (exact) mass is 286 g/mol. The second-order valence-electron chi connectivity index (χ2n) is 6.40. The maximum absolute atomic E-state index is 12.7. The summed E-state index contributed by atoms with van der Waals surface area (Å²) in [5.74, 6) is 0.619. The van der Waals surface area contributed by atoms with Crippen molar-refractivity contribution in [3.05, 3.63) is 35.9 Å². The van der Waals surface area contributed by atoms with Crippen LogP contribution in [0.15, 0.2) is 30.3 Å². The predicted octanol–water partition coefficient (Wildman–Crippen LogP) is 2.61. The van der Waals surface area contributed by atoms with Gasteiger partial charge in [0, 0.05) is 19.1 Å². The Balaban J connectivity index is 1.56. The Morgan fingerprint density at radius 2 is 2.05 bits per heavy atom. The molecule has 0 bridgehead atoms. The number of benzene rings is 1. The molecule has 114 valence electrons. The van der Waals surface area contributed by atoms with Crippen LogP contribution in [0, 0.1) is 5.92 Å². The van der Waals surface area contributed by atoms with E-state index >= 15 is 0 Å². The molecule has 3 rings (SSSR count). The molecular weight excluding hydrogens is 260 g/mol. The number of aryl methyl sites for hydroxylation is 1. The SMILES string of the molecule is O=C(C1CCCNC1)N1CCCC1CCc1ccccc1. The molecular formula is C18H26N2O. The number of carbonyl (C=O) groups is 1. The third-order valence-corrected chi connectivity index (χ3v) is 4.92. The highest BCUT2D eigenvalue weighted by atomic mass is 16.2. The molecule has 0 aliphatic carbocycles. The Labute approximate surface area is 127 Å². The lowest BCUT2D eigenvalue weighted by Crippen LogP contribution is -2.45. The third-order valence-electron chi connectivity index (χ3n) is 4.92. The summed E-state index contributed by atoms with van der Waals surface area (Å²) >= 11 is 0. The van der Waals surface area contributed by atoms with Crippen molar-refractivity contribution in [2.45, 2.75) is 44.6 Å². The van der Waals surface area contributed by atoms with E-state index in [0.29, 0.717) is 11.9 Å². The minimum absolute atomic E-state index is 0.219. The molecule has 2 saturated heterocycles. The number of amides is 1. The van der Waals surface area contributed by atoms with Crippen molar-refractivity contribution in [3.63, 3.8) is 0 Å². The van der Waals surface area contributed by atoms with Crippen molar-refractivity contribution in [1.29, 1.82) is 0 Å². The summed E-state index contributed by atoms with van der Waals surface area (Å²) in [5.41, 5.74) is 1.39. The average molecular weight is 286 g/mol. The van der Waals surface area contributed by atoms with E-state index in [1.807, 2.05) is 0 Å². The maximum Gasteiger partial charge on any atom is 0.227 e. The molecule has 3 nitrogen and oxygen atoms in total. The molecule has 21 heavy (non-hydrogen) atoms. The van der Waals surface area contributed by atoms with Gasteiger partial charge in [-0.15, -0.1) is 0 Å². The van der Waals surface area contributed by atoms with E-state index < -0.39 is 0 Å². The van der Waals surface area contributed by atoms with Crippen molar-refractivity contribution in [2.75, 3.05) is 19.6 Å². The average Bonchev–Trinajstić information content (AvgIpc) is 3.02. The number of carbonyl (C=O) groups excluding carboxylic acids is 1. The number of piperidine rings is 1. The third kappa shape index (κ3) is 3.65. The Kier molecular flexibility index (Phi) is 4.91. The normalized spacial score (nSPS) is 26.0. The molecule has 1 amide bonds. The Morgan fingerprint density at radius 3 is 2.81 bits per heavy atom. The van der Waals surface area contributed by atoms with Gasteiger partial charge in [-0.25, -0.2) is 0 Å². The van der Waals surface area contributed by atoms with Crippen molar-refractivity contribution in [2.24, 2.45) is 5.92 Å². The Bertz CT molecular complexity index is 454. The second-order valence-corrected chi connectivity index (χ2v) is 6.40. The summed E-state index contributed by atoms with van der Waals surface area (Å²) in [6.45, 7) is 2.91. The fraction of sp³-hybridized carbons (Fsp3) is 0.611. The van der Waals surface area contributed by atoms with Gasteiger partial charge in [0.25, 0.3) is 0 Å². The van der Waals surface area contributed by atoms with Gasteiger partial charge in [0.15, 0.2) is 0 Å². The van der Waals surface area contributed by atoms with Gasteiger partial charge in [-0.2, -0.15) is 0 Å². The lowest BCUT2D eigenvalue weighted by atomic mass is 9.97. The number of rotatable bonds is 4. The zero-order chi connectivity index (χ0) is 14.5. The molecule has 2 unspecified atom stereocenters. The quantitative estimate of drug-likeness (QED) is 0.923. The molecule has 0 saturated carbocycles. The standard InChI is InChI=1S/C18H26N2O/c21-18(16-8-4-12-19-14-16)20-13-5-9-17(20)11-10-15-6-2-1-3-7-15/h1-3,6-7,16-17,19H,4-5,8-14H2. The molecule has 0 aromatic heterocycles. The van der Waals surface area contributed by atoms with E-state index in [-0.39, 0.29) is 5.92 Å². The van der Waals surface area contributed by atoms with E-state index in [4.69, 9.17) is 0 Å². The smallest absolute Gasteiger partial charge is 0.227 e. The van der Waals surface area contributed by atoms with Crippen LogP contribution >= 0.6 is 0 Å². The first-order chi connectivity index (χ1) is 10.3. The number of nitrogens with zero attached hydrogens (tertiary/aromatic N) is 1. The molecule has 2 heterocycles. The lowest BCUT2D eigenvalue weighted by Gasteiger charge is -2.31. The molecule has 1 N–H and O–H groups in total. The molecule has 3 heteroatoms. The predicted molar refractivity (Wildman–Crippen MR) is 85.1 cm³/mol. The van der Waals surface area contributed by atoms with Crippen LogP contribution < -0.4 is 5.32 Å². The minimum atomic E-state index is 0.219. The largest absolute Gasteiger partial charge is 0.339 e. The van der Waals surface area contributed by atoms with Crippen LogP contribution in [0.5, 0.6) is 0 Å². The van der Waals surface area contributed by atoms with Crippen molar-refractivity contribution < 1.29 is 4.79 Å². The lowest BCUT2D eigenvalue weighted by molar-refractivity contribution is -0.137. The van der Waals surface area contributed by atoms with Crippen LogP contribution in [0.3, 0.4) is 0 Å². The van der Waals surface area contributed by atoms with E-state index in [9.17, 15) is 4.79 Å².